The summed E-state index contributed by atoms with van der Waals surface area (Å²) in [6, 6.07) is 11.8. The molecule has 0 aliphatic carbocycles. The van der Waals surface area contributed by atoms with Crippen LogP contribution in [0, 0.1) is 12.8 Å². The number of hydrogen-bond acceptors (Lipinski definition) is 7. The largest absolute Gasteiger partial charge is 0.463 e. The number of primary amides is 1. The first-order chi connectivity index (χ1) is 17.3. The highest BCUT2D eigenvalue weighted by molar-refractivity contribution is 5.99. The van der Waals surface area contributed by atoms with E-state index in [1.54, 1.807) is 31.6 Å². The lowest BCUT2D eigenvalue weighted by atomic mass is 9.90. The van der Waals surface area contributed by atoms with E-state index in [1.165, 1.54) is 0 Å². The van der Waals surface area contributed by atoms with Crippen LogP contribution in [0.4, 0.5) is 0 Å². The SMILES string of the molecule is C/C(=C\C(=C(\N)C(C)C(N)=O)c1c(C)ccc2[nH]ncc12)c1ccnc(OCCc2ccccn2)n1. The summed E-state index contributed by atoms with van der Waals surface area (Å²) in [6.07, 6.45) is 7.72. The van der Waals surface area contributed by atoms with E-state index in [1.807, 2.05) is 50.3 Å². The summed E-state index contributed by atoms with van der Waals surface area (Å²) in [5.74, 6) is -1.17. The minimum atomic E-state index is -0.665. The van der Waals surface area contributed by atoms with Crippen molar-refractivity contribution in [1.29, 1.82) is 0 Å². The Balaban J connectivity index is 1.69. The van der Waals surface area contributed by atoms with Crippen molar-refractivity contribution in [3.8, 4) is 6.01 Å². The number of amides is 1. The summed E-state index contributed by atoms with van der Waals surface area (Å²) in [5.41, 5.74) is 18.4. The number of aromatic amines is 1. The van der Waals surface area contributed by atoms with Crippen molar-refractivity contribution in [2.45, 2.75) is 27.2 Å². The highest BCUT2D eigenvalue weighted by atomic mass is 16.5. The van der Waals surface area contributed by atoms with Gasteiger partial charge in [0.2, 0.25) is 5.91 Å². The Morgan fingerprint density at radius 3 is 2.72 bits per heavy atom. The standard InChI is InChI=1S/C27H29N7O2/c1-16-7-8-23-21(15-32-34-23)24(16)20(25(28)18(3)26(29)35)14-17(2)22-9-12-31-27(33-22)36-13-10-19-6-4-5-11-30-19/h4-9,11-12,14-15,18H,10,13,28H2,1-3H3,(H2,29,35)(H,32,34)/b17-14+,25-20-. The zero-order chi connectivity index (χ0) is 25.7. The van der Waals surface area contributed by atoms with Crippen LogP contribution >= 0.6 is 0 Å². The molecule has 3 heterocycles. The van der Waals surface area contributed by atoms with Crippen LogP contribution in [0.5, 0.6) is 6.01 Å². The van der Waals surface area contributed by atoms with Gasteiger partial charge in [0.1, 0.15) is 0 Å². The molecular formula is C27H29N7O2. The van der Waals surface area contributed by atoms with Gasteiger partial charge in [-0.2, -0.15) is 10.1 Å². The molecule has 4 aromatic rings. The van der Waals surface area contributed by atoms with Gasteiger partial charge in [-0.3, -0.25) is 14.9 Å². The molecule has 0 bridgehead atoms. The number of rotatable bonds is 9. The molecule has 3 aromatic heterocycles. The van der Waals surface area contributed by atoms with Gasteiger partial charge in [-0.15, -0.1) is 0 Å². The van der Waals surface area contributed by atoms with E-state index in [4.69, 9.17) is 16.2 Å². The number of aromatic nitrogens is 5. The molecule has 0 spiro atoms. The minimum Gasteiger partial charge on any atom is -0.463 e. The number of allylic oxidation sites excluding steroid dienone is 3. The van der Waals surface area contributed by atoms with E-state index in [2.05, 4.69) is 25.1 Å². The molecule has 0 aliphatic rings. The average molecular weight is 484 g/mol. The highest BCUT2D eigenvalue weighted by Gasteiger charge is 2.20. The third-order valence-electron chi connectivity index (χ3n) is 6.02. The van der Waals surface area contributed by atoms with Crippen molar-refractivity contribution >= 4 is 28.0 Å². The number of carbonyl (C=O) groups is 1. The Hall–Kier alpha value is -4.53. The number of H-pyrrole nitrogens is 1. The summed E-state index contributed by atoms with van der Waals surface area (Å²) in [7, 11) is 0. The number of pyridine rings is 1. The van der Waals surface area contributed by atoms with Crippen molar-refractivity contribution in [2.24, 2.45) is 17.4 Å². The van der Waals surface area contributed by atoms with Crippen molar-refractivity contribution in [1.82, 2.24) is 25.1 Å². The quantitative estimate of drug-likeness (QED) is 0.308. The van der Waals surface area contributed by atoms with Gasteiger partial charge >= 0.3 is 6.01 Å². The summed E-state index contributed by atoms with van der Waals surface area (Å²) < 4.78 is 5.77. The molecule has 1 unspecified atom stereocenters. The summed E-state index contributed by atoms with van der Waals surface area (Å²) in [5, 5.41) is 8.07. The summed E-state index contributed by atoms with van der Waals surface area (Å²) in [4.78, 5) is 25.1. The molecule has 0 radical (unpaired) electrons. The van der Waals surface area contributed by atoms with Crippen LogP contribution in [-0.4, -0.2) is 37.7 Å². The maximum Gasteiger partial charge on any atom is 0.316 e. The Morgan fingerprint density at radius 2 is 1.97 bits per heavy atom. The Morgan fingerprint density at radius 1 is 1.14 bits per heavy atom. The third kappa shape index (κ3) is 5.41. The number of carbonyl (C=O) groups excluding carboxylic acids is 1. The first-order valence-corrected chi connectivity index (χ1v) is 11.6. The van der Waals surface area contributed by atoms with Crippen LogP contribution in [-0.2, 0) is 11.2 Å². The molecule has 0 saturated carbocycles. The fraction of sp³-hybridized carbons (Fsp3) is 0.222. The third-order valence-corrected chi connectivity index (χ3v) is 6.02. The van der Waals surface area contributed by atoms with E-state index >= 15 is 0 Å². The molecule has 0 fully saturated rings. The Bertz CT molecular complexity index is 1440. The van der Waals surface area contributed by atoms with Crippen molar-refractivity contribution < 1.29 is 9.53 Å². The molecule has 1 amide bonds. The first-order valence-electron chi connectivity index (χ1n) is 11.6. The molecule has 1 aromatic carbocycles. The number of aryl methyl sites for hydroxylation is 1. The van der Waals surface area contributed by atoms with E-state index in [-0.39, 0.29) is 6.01 Å². The smallest absolute Gasteiger partial charge is 0.316 e. The van der Waals surface area contributed by atoms with Gasteiger partial charge < -0.3 is 16.2 Å². The second-order valence-corrected chi connectivity index (χ2v) is 8.55. The van der Waals surface area contributed by atoms with Crippen LogP contribution in [0.3, 0.4) is 0 Å². The first kappa shape index (κ1) is 24.6. The Kier molecular flexibility index (Phi) is 7.39. The maximum absolute atomic E-state index is 12.0. The second kappa shape index (κ2) is 10.8. The number of hydrogen-bond donors (Lipinski definition) is 3. The zero-order valence-electron chi connectivity index (χ0n) is 20.5. The summed E-state index contributed by atoms with van der Waals surface area (Å²) in [6.45, 7) is 6.02. The number of benzene rings is 1. The van der Waals surface area contributed by atoms with Crippen LogP contribution in [0.25, 0.3) is 22.0 Å². The van der Waals surface area contributed by atoms with Gasteiger partial charge in [0, 0.05) is 41.2 Å². The molecule has 36 heavy (non-hydrogen) atoms. The zero-order valence-corrected chi connectivity index (χ0v) is 20.5. The number of ether oxygens (including phenoxy) is 1. The average Bonchev–Trinajstić information content (AvgIpc) is 3.36. The molecule has 4 rings (SSSR count). The Labute approximate surface area is 209 Å². The minimum absolute atomic E-state index is 0.272. The molecule has 0 aliphatic heterocycles. The molecular weight excluding hydrogens is 454 g/mol. The lowest BCUT2D eigenvalue weighted by Gasteiger charge is -2.17. The molecule has 1 atom stereocenters. The van der Waals surface area contributed by atoms with Crippen molar-refractivity contribution in [2.75, 3.05) is 6.61 Å². The van der Waals surface area contributed by atoms with Gasteiger partial charge in [-0.05, 0) is 67.8 Å². The van der Waals surface area contributed by atoms with Gasteiger partial charge in [0.25, 0.3) is 0 Å². The van der Waals surface area contributed by atoms with Crippen molar-refractivity contribution in [3.05, 3.63) is 89.3 Å². The van der Waals surface area contributed by atoms with Crippen LogP contribution < -0.4 is 16.2 Å². The molecule has 9 nitrogen and oxygen atoms in total. The number of fused-ring (bicyclic) bond motifs is 1. The fourth-order valence-corrected chi connectivity index (χ4v) is 3.88. The molecule has 5 N–H and O–H groups in total. The predicted octanol–water partition coefficient (Wildman–Crippen LogP) is 3.57. The van der Waals surface area contributed by atoms with E-state index in [9.17, 15) is 4.79 Å². The van der Waals surface area contributed by atoms with Crippen LogP contribution in [0.15, 0.2) is 66.8 Å². The van der Waals surface area contributed by atoms with Crippen molar-refractivity contribution in [3.63, 3.8) is 0 Å². The van der Waals surface area contributed by atoms with Gasteiger partial charge in [0.15, 0.2) is 0 Å². The monoisotopic (exact) mass is 483 g/mol. The summed E-state index contributed by atoms with van der Waals surface area (Å²) >= 11 is 0. The lowest BCUT2D eigenvalue weighted by molar-refractivity contribution is -0.120. The molecule has 0 saturated heterocycles. The van der Waals surface area contributed by atoms with Crippen LogP contribution in [0.1, 0.15) is 36.4 Å². The molecule has 184 valence electrons. The van der Waals surface area contributed by atoms with E-state index in [0.717, 1.165) is 33.3 Å². The predicted molar refractivity (Wildman–Crippen MR) is 139 cm³/mol. The van der Waals surface area contributed by atoms with E-state index < -0.39 is 11.8 Å². The number of nitrogens with one attached hydrogen (secondary N) is 1. The van der Waals surface area contributed by atoms with Crippen LogP contribution in [0.2, 0.25) is 0 Å². The van der Waals surface area contributed by atoms with Gasteiger partial charge in [-0.1, -0.05) is 12.1 Å². The van der Waals surface area contributed by atoms with E-state index in [0.29, 0.717) is 30.0 Å². The lowest BCUT2D eigenvalue weighted by Crippen LogP contribution is -2.26. The normalized spacial score (nSPS) is 13.4. The maximum atomic E-state index is 12.0. The van der Waals surface area contributed by atoms with Gasteiger partial charge in [0.05, 0.1) is 29.9 Å². The second-order valence-electron chi connectivity index (χ2n) is 8.55. The number of nitrogens with two attached hydrogens (primary N) is 2. The van der Waals surface area contributed by atoms with Gasteiger partial charge in [-0.25, -0.2) is 4.98 Å². The topological polar surface area (TPSA) is 146 Å². The number of nitrogens with zero attached hydrogens (tertiary/aromatic N) is 4. The molecule has 9 heteroatoms. The highest BCUT2D eigenvalue weighted by Crippen LogP contribution is 2.33. The fourth-order valence-electron chi connectivity index (χ4n) is 3.88.